The van der Waals surface area contributed by atoms with Gasteiger partial charge in [0, 0.05) is 43.0 Å². The van der Waals surface area contributed by atoms with Crippen molar-refractivity contribution in [3.05, 3.63) is 12.4 Å². The van der Waals surface area contributed by atoms with Gasteiger partial charge in [0.2, 0.25) is 11.9 Å². The molecule has 0 aromatic carbocycles. The number of anilines is 1. The highest BCUT2D eigenvalue weighted by Crippen LogP contribution is 2.37. The molecule has 0 radical (unpaired) electrons. The van der Waals surface area contributed by atoms with E-state index >= 15 is 0 Å². The number of alkyl halides is 1. The first kappa shape index (κ1) is 20.9. The lowest BCUT2D eigenvalue weighted by Crippen LogP contribution is -2.51. The van der Waals surface area contributed by atoms with Crippen LogP contribution in [0, 0.1) is 0 Å². The molecule has 1 amide bonds. The third kappa shape index (κ3) is 4.12. The van der Waals surface area contributed by atoms with E-state index in [1.165, 1.54) is 0 Å². The van der Waals surface area contributed by atoms with Crippen LogP contribution >= 0.6 is 11.6 Å². The van der Waals surface area contributed by atoms with Crippen LogP contribution in [0.1, 0.15) is 53.4 Å². The van der Waals surface area contributed by atoms with Crippen molar-refractivity contribution in [1.82, 2.24) is 14.9 Å². The second-order valence-corrected chi connectivity index (χ2v) is 9.58. The van der Waals surface area contributed by atoms with E-state index in [9.17, 15) is 4.79 Å². The third-order valence-electron chi connectivity index (χ3n) is 6.61. The Hall–Kier alpha value is -1.38. The molecule has 158 valence electrons. The van der Waals surface area contributed by atoms with Crippen LogP contribution < -0.4 is 10.4 Å². The zero-order valence-electron chi connectivity index (χ0n) is 17.7. The highest BCUT2D eigenvalue weighted by Gasteiger charge is 2.52. The van der Waals surface area contributed by atoms with Crippen molar-refractivity contribution in [1.29, 1.82) is 0 Å². The Morgan fingerprint density at radius 3 is 2.34 bits per heavy atom. The number of piperidine rings is 1. The van der Waals surface area contributed by atoms with Gasteiger partial charge in [-0.05, 0) is 53.4 Å². The Balaban J connectivity index is 1.50. The quantitative estimate of drug-likeness (QED) is 0.536. The van der Waals surface area contributed by atoms with Crippen molar-refractivity contribution in [2.24, 2.45) is 0 Å². The van der Waals surface area contributed by atoms with E-state index in [-0.39, 0.29) is 17.8 Å². The van der Waals surface area contributed by atoms with Crippen molar-refractivity contribution in [2.75, 3.05) is 23.9 Å². The number of carbonyl (C=O) groups is 1. The van der Waals surface area contributed by atoms with E-state index in [1.807, 2.05) is 45.0 Å². The average molecular weight is 421 g/mol. The van der Waals surface area contributed by atoms with Crippen molar-refractivity contribution in [3.8, 4) is 0 Å². The fourth-order valence-corrected chi connectivity index (χ4v) is 4.20. The molecule has 0 N–H and O–H groups in total. The van der Waals surface area contributed by atoms with Crippen LogP contribution in [-0.4, -0.2) is 70.1 Å². The number of nitrogens with zero attached hydrogens (tertiary/aromatic N) is 4. The van der Waals surface area contributed by atoms with E-state index in [0.717, 1.165) is 43.6 Å². The molecule has 1 aromatic heterocycles. The minimum Gasteiger partial charge on any atom is -0.399 e. The van der Waals surface area contributed by atoms with E-state index < -0.39 is 18.3 Å². The summed E-state index contributed by atoms with van der Waals surface area (Å²) in [6.07, 6.45) is 7.91. The van der Waals surface area contributed by atoms with Crippen molar-refractivity contribution in [2.45, 2.75) is 76.7 Å². The fraction of sp³-hybridized carbons (Fsp3) is 0.750. The fourth-order valence-electron chi connectivity index (χ4n) is 4.04. The lowest BCUT2D eigenvalue weighted by Gasteiger charge is -2.39. The summed E-state index contributed by atoms with van der Waals surface area (Å²) < 4.78 is 12.2. The van der Waals surface area contributed by atoms with E-state index in [4.69, 9.17) is 20.9 Å². The Labute approximate surface area is 178 Å². The molecule has 3 aliphatic rings. The molecule has 0 spiro atoms. The number of rotatable bonds is 5. The maximum atomic E-state index is 12.1. The normalized spacial score (nSPS) is 25.9. The Kier molecular flexibility index (Phi) is 5.55. The first-order valence-corrected chi connectivity index (χ1v) is 11.0. The summed E-state index contributed by atoms with van der Waals surface area (Å²) in [7, 11) is -0.463. The summed E-state index contributed by atoms with van der Waals surface area (Å²) in [4.78, 5) is 25.6. The highest BCUT2D eigenvalue weighted by molar-refractivity contribution is 6.61. The van der Waals surface area contributed by atoms with Crippen LogP contribution in [0.4, 0.5) is 5.95 Å². The zero-order chi connectivity index (χ0) is 20.8. The summed E-state index contributed by atoms with van der Waals surface area (Å²) in [5, 5.41) is 0. The summed E-state index contributed by atoms with van der Waals surface area (Å²) in [5.74, 6) is 0.761. The highest BCUT2D eigenvalue weighted by atomic mass is 35.5. The number of aromatic nitrogens is 2. The van der Waals surface area contributed by atoms with Gasteiger partial charge in [-0.15, -0.1) is 11.6 Å². The van der Waals surface area contributed by atoms with Gasteiger partial charge >= 0.3 is 7.12 Å². The Morgan fingerprint density at radius 1 is 1.17 bits per heavy atom. The average Bonchev–Trinajstić information content (AvgIpc) is 3.49. The van der Waals surface area contributed by atoms with E-state index in [0.29, 0.717) is 12.6 Å². The van der Waals surface area contributed by atoms with Gasteiger partial charge in [0.05, 0.1) is 11.2 Å². The van der Waals surface area contributed by atoms with Crippen molar-refractivity contribution < 1.29 is 14.1 Å². The minimum absolute atomic E-state index is 0.00383. The van der Waals surface area contributed by atoms with Crippen LogP contribution in [0.25, 0.3) is 0 Å². The smallest absolute Gasteiger partial charge is 0.399 e. The molecule has 1 aromatic rings. The zero-order valence-corrected chi connectivity index (χ0v) is 18.5. The summed E-state index contributed by atoms with van der Waals surface area (Å²) in [5.41, 5.74) is 0.0408. The predicted molar refractivity (Wildman–Crippen MR) is 114 cm³/mol. The first-order chi connectivity index (χ1) is 13.7. The van der Waals surface area contributed by atoms with Crippen molar-refractivity contribution >= 4 is 36.0 Å². The minimum atomic E-state index is -0.463. The SMILES string of the molecule is CC1(C)OB(c2cnc(N(C3CC3)[C@H]3CCCN(C(=O)CCl)C3)nc2)OC1(C)C. The van der Waals surface area contributed by atoms with Gasteiger partial charge in [0.25, 0.3) is 0 Å². The molecule has 29 heavy (non-hydrogen) atoms. The molecule has 7 nitrogen and oxygen atoms in total. The van der Waals surface area contributed by atoms with Gasteiger partial charge in [-0.25, -0.2) is 9.97 Å². The molecule has 1 aliphatic carbocycles. The second-order valence-electron chi connectivity index (χ2n) is 9.31. The van der Waals surface area contributed by atoms with Gasteiger partial charge in [0.15, 0.2) is 0 Å². The molecule has 3 heterocycles. The van der Waals surface area contributed by atoms with Gasteiger partial charge in [-0.1, -0.05) is 0 Å². The third-order valence-corrected chi connectivity index (χ3v) is 6.84. The molecule has 9 heteroatoms. The monoisotopic (exact) mass is 420 g/mol. The van der Waals surface area contributed by atoms with Crippen LogP contribution in [0.5, 0.6) is 0 Å². The maximum Gasteiger partial charge on any atom is 0.498 e. The van der Waals surface area contributed by atoms with Crippen LogP contribution in [0.2, 0.25) is 0 Å². The molecular formula is C20H30BClN4O3. The van der Waals surface area contributed by atoms with Crippen LogP contribution in [0.3, 0.4) is 0 Å². The van der Waals surface area contributed by atoms with Gasteiger partial charge < -0.3 is 19.1 Å². The number of likely N-dealkylation sites (tertiary alicyclic amines) is 1. The number of amides is 1. The molecular weight excluding hydrogens is 391 g/mol. The van der Waals surface area contributed by atoms with Gasteiger partial charge in [-0.2, -0.15) is 0 Å². The molecule has 2 saturated heterocycles. The Bertz CT molecular complexity index is 741. The summed E-state index contributed by atoms with van der Waals surface area (Å²) in [6, 6.07) is 0.680. The molecule has 0 bridgehead atoms. The molecule has 4 rings (SSSR count). The first-order valence-electron chi connectivity index (χ1n) is 10.5. The van der Waals surface area contributed by atoms with Crippen LogP contribution in [-0.2, 0) is 14.1 Å². The lowest BCUT2D eigenvalue weighted by molar-refractivity contribution is -0.129. The number of hydrogen-bond donors (Lipinski definition) is 0. The number of hydrogen-bond acceptors (Lipinski definition) is 6. The van der Waals surface area contributed by atoms with Crippen molar-refractivity contribution in [3.63, 3.8) is 0 Å². The lowest BCUT2D eigenvalue weighted by atomic mass is 9.81. The van der Waals surface area contributed by atoms with E-state index in [2.05, 4.69) is 14.9 Å². The predicted octanol–water partition coefficient (Wildman–Crippen LogP) is 1.97. The molecule has 3 fully saturated rings. The Morgan fingerprint density at radius 2 is 1.79 bits per heavy atom. The van der Waals surface area contributed by atoms with Gasteiger partial charge in [0.1, 0.15) is 5.88 Å². The maximum absolute atomic E-state index is 12.1. The summed E-state index contributed by atoms with van der Waals surface area (Å²) in [6.45, 7) is 9.61. The number of halogens is 1. The largest absolute Gasteiger partial charge is 0.498 e. The molecule has 2 aliphatic heterocycles. The number of carbonyl (C=O) groups excluding carboxylic acids is 1. The topological polar surface area (TPSA) is 67.8 Å². The standard InChI is InChI=1S/C20H30BClN4O3/c1-19(2)20(3,4)29-21(28-19)14-11-23-18(24-12-14)26(15-7-8-15)16-6-5-9-25(13-16)17(27)10-22/h11-12,15-16H,5-10,13H2,1-4H3/t16-/m0/s1. The molecule has 0 unspecified atom stereocenters. The van der Waals surface area contributed by atoms with E-state index in [1.54, 1.807) is 0 Å². The van der Waals surface area contributed by atoms with Gasteiger partial charge in [-0.3, -0.25) is 4.79 Å². The molecule has 1 saturated carbocycles. The second kappa shape index (κ2) is 7.71. The van der Waals surface area contributed by atoms with Crippen LogP contribution in [0.15, 0.2) is 12.4 Å². The molecule has 1 atom stereocenters. The summed E-state index contributed by atoms with van der Waals surface area (Å²) >= 11 is 5.77.